The van der Waals surface area contributed by atoms with Crippen molar-refractivity contribution in [1.29, 1.82) is 0 Å². The number of hydrogen-bond donors (Lipinski definition) is 4. The van der Waals surface area contributed by atoms with Crippen molar-refractivity contribution < 1.29 is 36.3 Å². The molecule has 216 valence electrons. The molecule has 0 saturated carbocycles. The van der Waals surface area contributed by atoms with Crippen LogP contribution in [0.3, 0.4) is 0 Å². The molecule has 1 unspecified atom stereocenters. The number of aliphatic carboxylic acids is 1. The minimum absolute atomic E-state index is 0.0776. The Hall–Kier alpha value is -4.17. The first-order valence-corrected chi connectivity index (χ1v) is 14.4. The number of carbonyl (C=O) groups excluding carboxylic acids is 1. The SMILES string of the molecule is CS(=O)(=O)c1ccccc1CNC(=O)C(Nc1ccc2c(N)nccc2c1)c1cccc(Br)c1.O=C(O)C(F)(F)F. The zero-order valence-electron chi connectivity index (χ0n) is 21.3. The van der Waals surface area contributed by atoms with Gasteiger partial charge in [-0.05, 0) is 59.0 Å². The molecule has 0 aliphatic carbocycles. The highest BCUT2D eigenvalue weighted by Gasteiger charge is 2.38. The summed E-state index contributed by atoms with van der Waals surface area (Å²) in [6, 6.07) is 20.8. The fourth-order valence-electron chi connectivity index (χ4n) is 3.74. The van der Waals surface area contributed by atoms with Crippen molar-refractivity contribution in [3.63, 3.8) is 0 Å². The minimum atomic E-state index is -5.08. The molecule has 9 nitrogen and oxygen atoms in total. The van der Waals surface area contributed by atoms with Crippen LogP contribution >= 0.6 is 15.9 Å². The van der Waals surface area contributed by atoms with Crippen molar-refractivity contribution >= 4 is 59.9 Å². The number of sulfone groups is 1. The predicted molar refractivity (Wildman–Crippen MR) is 152 cm³/mol. The Bertz CT molecular complexity index is 1680. The van der Waals surface area contributed by atoms with E-state index in [4.69, 9.17) is 15.6 Å². The van der Waals surface area contributed by atoms with Crippen LogP contribution in [0.2, 0.25) is 0 Å². The third-order valence-corrected chi connectivity index (χ3v) is 7.31. The number of nitrogen functional groups attached to an aromatic ring is 1. The molecule has 0 aliphatic heterocycles. The number of halogens is 4. The smallest absolute Gasteiger partial charge is 0.475 e. The highest BCUT2D eigenvalue weighted by atomic mass is 79.9. The van der Waals surface area contributed by atoms with Crippen LogP contribution in [0.1, 0.15) is 17.2 Å². The number of carbonyl (C=O) groups is 2. The van der Waals surface area contributed by atoms with Gasteiger partial charge >= 0.3 is 12.1 Å². The quantitative estimate of drug-likeness (QED) is 0.216. The molecule has 4 rings (SSSR count). The van der Waals surface area contributed by atoms with Gasteiger partial charge in [0.15, 0.2) is 9.84 Å². The van der Waals surface area contributed by atoms with Gasteiger partial charge in [0.2, 0.25) is 5.91 Å². The maximum atomic E-state index is 13.3. The maximum absolute atomic E-state index is 13.3. The standard InChI is InChI=1S/C25H23BrN4O3S.C2HF3O2/c1-34(32,33)22-8-3-2-5-18(22)15-29-25(31)23(17-6-4-7-19(26)13-17)30-20-9-10-21-16(14-20)11-12-28-24(21)27;3-2(4,5)1(6)7/h2-14,23,30H,15H2,1H3,(H2,27,28)(H,29,31);(H,6,7). The number of hydrogen-bond acceptors (Lipinski definition) is 7. The highest BCUT2D eigenvalue weighted by molar-refractivity contribution is 9.10. The molecule has 1 amide bonds. The van der Waals surface area contributed by atoms with Crippen LogP contribution in [0.4, 0.5) is 24.7 Å². The lowest BCUT2D eigenvalue weighted by Crippen LogP contribution is -2.33. The van der Waals surface area contributed by atoms with E-state index in [2.05, 4.69) is 31.5 Å². The lowest BCUT2D eigenvalue weighted by Gasteiger charge is -2.21. The van der Waals surface area contributed by atoms with Crippen LogP contribution in [-0.4, -0.2) is 42.8 Å². The number of alkyl halides is 3. The van der Waals surface area contributed by atoms with Gasteiger partial charge < -0.3 is 21.5 Å². The molecule has 5 N–H and O–H groups in total. The summed E-state index contributed by atoms with van der Waals surface area (Å²) in [6.07, 6.45) is -2.29. The second-order valence-corrected chi connectivity index (χ2v) is 11.6. The molecule has 1 aromatic heterocycles. The summed E-state index contributed by atoms with van der Waals surface area (Å²) in [4.78, 5) is 26.5. The number of nitrogens with two attached hydrogens (primary N) is 1. The largest absolute Gasteiger partial charge is 0.490 e. The summed E-state index contributed by atoms with van der Waals surface area (Å²) in [7, 11) is -3.42. The lowest BCUT2D eigenvalue weighted by atomic mass is 10.0. The first kappa shape index (κ1) is 31.4. The first-order valence-electron chi connectivity index (χ1n) is 11.7. The molecule has 0 aliphatic rings. The Morgan fingerprint density at radius 3 is 2.37 bits per heavy atom. The lowest BCUT2D eigenvalue weighted by molar-refractivity contribution is -0.192. The molecule has 1 atom stereocenters. The molecule has 3 aromatic carbocycles. The number of carboxylic acids is 1. The summed E-state index contributed by atoms with van der Waals surface area (Å²) in [5, 5.41) is 15.0. The first-order chi connectivity index (χ1) is 19.2. The van der Waals surface area contributed by atoms with Gasteiger partial charge in [-0.2, -0.15) is 13.2 Å². The average molecular weight is 653 g/mol. The number of nitrogens with zero attached hydrogens (tertiary/aromatic N) is 1. The van der Waals surface area contributed by atoms with Crippen molar-refractivity contribution in [2.75, 3.05) is 17.3 Å². The van der Waals surface area contributed by atoms with Crippen LogP contribution < -0.4 is 16.4 Å². The number of rotatable bonds is 7. The summed E-state index contributed by atoms with van der Waals surface area (Å²) in [5.74, 6) is -2.61. The van der Waals surface area contributed by atoms with Crippen molar-refractivity contribution in [2.24, 2.45) is 0 Å². The Morgan fingerprint density at radius 2 is 1.73 bits per heavy atom. The van der Waals surface area contributed by atoms with Crippen molar-refractivity contribution in [2.45, 2.75) is 23.7 Å². The number of fused-ring (bicyclic) bond motifs is 1. The summed E-state index contributed by atoms with van der Waals surface area (Å²) in [5.41, 5.74) is 7.96. The molecule has 14 heteroatoms. The third-order valence-electron chi connectivity index (χ3n) is 5.62. The molecule has 0 saturated heterocycles. The summed E-state index contributed by atoms with van der Waals surface area (Å²) >= 11 is 3.47. The Kier molecular flexibility index (Phi) is 9.94. The van der Waals surface area contributed by atoms with Crippen molar-refractivity contribution in [3.8, 4) is 0 Å². The van der Waals surface area contributed by atoms with Gasteiger partial charge in [-0.3, -0.25) is 4.79 Å². The Labute approximate surface area is 241 Å². The van der Waals surface area contributed by atoms with Crippen molar-refractivity contribution in [1.82, 2.24) is 10.3 Å². The van der Waals surface area contributed by atoms with Gasteiger partial charge in [-0.15, -0.1) is 0 Å². The van der Waals surface area contributed by atoms with Crippen LogP contribution in [0, 0.1) is 0 Å². The molecule has 41 heavy (non-hydrogen) atoms. The van der Waals surface area contributed by atoms with E-state index >= 15 is 0 Å². The monoisotopic (exact) mass is 652 g/mol. The van der Waals surface area contributed by atoms with Crippen LogP contribution in [-0.2, 0) is 26.0 Å². The van der Waals surface area contributed by atoms with E-state index in [1.54, 1.807) is 24.4 Å². The topological polar surface area (TPSA) is 151 Å². The fourth-order valence-corrected chi connectivity index (χ4v) is 5.10. The van der Waals surface area contributed by atoms with Gasteiger partial charge in [0.25, 0.3) is 0 Å². The number of anilines is 2. The van der Waals surface area contributed by atoms with E-state index in [1.807, 2.05) is 48.5 Å². The predicted octanol–water partition coefficient (Wildman–Crippen LogP) is 5.09. The van der Waals surface area contributed by atoms with Gasteiger partial charge in [-0.25, -0.2) is 18.2 Å². The van der Waals surface area contributed by atoms with E-state index in [0.29, 0.717) is 11.4 Å². The van der Waals surface area contributed by atoms with E-state index in [9.17, 15) is 26.4 Å². The Morgan fingerprint density at radius 1 is 1.05 bits per heavy atom. The van der Waals surface area contributed by atoms with E-state index < -0.39 is 28.0 Å². The molecule has 0 fully saturated rings. The zero-order chi connectivity index (χ0) is 30.4. The maximum Gasteiger partial charge on any atom is 0.490 e. The molecule has 0 spiro atoms. The second kappa shape index (κ2) is 13.0. The van der Waals surface area contributed by atoms with E-state index in [-0.39, 0.29) is 17.3 Å². The number of amides is 1. The van der Waals surface area contributed by atoms with Gasteiger partial charge in [-0.1, -0.05) is 46.3 Å². The highest BCUT2D eigenvalue weighted by Crippen LogP contribution is 2.27. The molecule has 4 aromatic rings. The molecule has 0 bridgehead atoms. The number of aromatic nitrogens is 1. The summed E-state index contributed by atoms with van der Waals surface area (Å²) in [6.45, 7) is 0.0776. The van der Waals surface area contributed by atoms with Gasteiger partial charge in [0.1, 0.15) is 11.9 Å². The van der Waals surface area contributed by atoms with Gasteiger partial charge in [0.05, 0.1) is 4.90 Å². The molecule has 1 heterocycles. The Balaban J connectivity index is 0.000000587. The third kappa shape index (κ3) is 8.66. The fraction of sp³-hybridized carbons (Fsp3) is 0.148. The normalized spacial score (nSPS) is 12.1. The molecular weight excluding hydrogens is 629 g/mol. The second-order valence-electron chi connectivity index (χ2n) is 8.67. The van der Waals surface area contributed by atoms with Crippen LogP contribution in [0.25, 0.3) is 10.8 Å². The average Bonchev–Trinajstić information content (AvgIpc) is 2.90. The van der Waals surface area contributed by atoms with E-state index in [1.165, 1.54) is 6.07 Å². The molecular formula is C27H24BrF3N4O5S. The number of pyridine rings is 1. The zero-order valence-corrected chi connectivity index (χ0v) is 23.7. The molecule has 0 radical (unpaired) electrons. The van der Waals surface area contributed by atoms with Gasteiger partial charge in [0, 0.05) is 34.5 Å². The van der Waals surface area contributed by atoms with Crippen LogP contribution in [0.5, 0.6) is 0 Å². The number of benzene rings is 3. The minimum Gasteiger partial charge on any atom is -0.475 e. The summed E-state index contributed by atoms with van der Waals surface area (Å²) < 4.78 is 56.8. The van der Waals surface area contributed by atoms with Crippen LogP contribution in [0.15, 0.2) is 88.4 Å². The van der Waals surface area contributed by atoms with Crippen molar-refractivity contribution in [3.05, 3.63) is 94.6 Å². The number of carboxylic acid groups (broad SMARTS) is 1. The van der Waals surface area contributed by atoms with E-state index in [0.717, 1.165) is 32.8 Å². The number of nitrogens with one attached hydrogen (secondary N) is 2.